The molecule has 1 aliphatic heterocycles. The van der Waals surface area contributed by atoms with Crippen LogP contribution in [0.25, 0.3) is 0 Å². The Morgan fingerprint density at radius 3 is 2.28 bits per heavy atom. The minimum absolute atomic E-state index is 0.00796. The van der Waals surface area contributed by atoms with E-state index in [-0.39, 0.29) is 24.1 Å². The van der Waals surface area contributed by atoms with Crippen LogP contribution in [0.3, 0.4) is 0 Å². The third-order valence-electron chi connectivity index (χ3n) is 7.03. The molecule has 204 valence electrons. The lowest BCUT2D eigenvalue weighted by molar-refractivity contribution is -0.119. The van der Waals surface area contributed by atoms with Crippen LogP contribution in [-0.4, -0.2) is 37.8 Å². The summed E-state index contributed by atoms with van der Waals surface area (Å²) >= 11 is 3.59. The lowest BCUT2D eigenvalue weighted by Gasteiger charge is -2.36. The standard InChI is InChI=1S/C30H30BrNO7/c1-3-37-25-15-17(14-18(31)30(25)38-16-26(35)32-19-8-4-5-11-22(19)36-2)27-28-20(33)9-6-12-23(28)39-24-13-7-10-21(34)29(24)27/h4-5,8,11,14-15,27H,3,6-7,9-10,12-13,16H2,1-2H3,(H,32,35). The van der Waals surface area contributed by atoms with Crippen LogP contribution in [0.1, 0.15) is 56.9 Å². The zero-order valence-corrected chi connectivity index (χ0v) is 23.5. The number of amides is 1. The van der Waals surface area contributed by atoms with Gasteiger partial charge < -0.3 is 24.3 Å². The topological polar surface area (TPSA) is 100 Å². The van der Waals surface area contributed by atoms with Gasteiger partial charge in [-0.15, -0.1) is 0 Å². The van der Waals surface area contributed by atoms with Crippen LogP contribution in [-0.2, 0) is 19.1 Å². The molecule has 1 heterocycles. The highest BCUT2D eigenvalue weighted by molar-refractivity contribution is 9.10. The van der Waals surface area contributed by atoms with Gasteiger partial charge in [-0.25, -0.2) is 0 Å². The fourth-order valence-electron chi connectivity index (χ4n) is 5.38. The number of hydrogen-bond donors (Lipinski definition) is 1. The minimum Gasteiger partial charge on any atom is -0.495 e. The van der Waals surface area contributed by atoms with E-state index in [1.54, 1.807) is 24.3 Å². The molecule has 2 aromatic rings. The molecular formula is C30H30BrNO7. The first kappa shape index (κ1) is 27.0. The molecule has 8 nitrogen and oxygen atoms in total. The Bertz CT molecular complexity index is 1350. The van der Waals surface area contributed by atoms with E-state index in [0.717, 1.165) is 18.4 Å². The van der Waals surface area contributed by atoms with Crippen molar-refractivity contribution in [2.45, 2.75) is 51.4 Å². The maximum Gasteiger partial charge on any atom is 0.262 e. The predicted molar refractivity (Wildman–Crippen MR) is 148 cm³/mol. The van der Waals surface area contributed by atoms with Crippen molar-refractivity contribution in [2.75, 3.05) is 25.6 Å². The Kier molecular flexibility index (Phi) is 8.07. The van der Waals surface area contributed by atoms with Gasteiger partial charge in [-0.3, -0.25) is 14.4 Å². The van der Waals surface area contributed by atoms with Crippen molar-refractivity contribution in [3.05, 3.63) is 69.1 Å². The van der Waals surface area contributed by atoms with Gasteiger partial charge in [0.05, 0.1) is 23.9 Å². The third kappa shape index (κ3) is 5.45. The quantitative estimate of drug-likeness (QED) is 0.399. The van der Waals surface area contributed by atoms with Gasteiger partial charge in [-0.05, 0) is 65.5 Å². The molecule has 0 spiro atoms. The number of ether oxygens (including phenoxy) is 4. The molecule has 1 N–H and O–H groups in total. The molecule has 0 atom stereocenters. The largest absolute Gasteiger partial charge is 0.495 e. The summed E-state index contributed by atoms with van der Waals surface area (Å²) in [5.41, 5.74) is 2.41. The van der Waals surface area contributed by atoms with E-state index in [2.05, 4.69) is 21.2 Å². The summed E-state index contributed by atoms with van der Waals surface area (Å²) in [6.07, 6.45) is 3.67. The van der Waals surface area contributed by atoms with Crippen LogP contribution < -0.4 is 19.5 Å². The Hall–Kier alpha value is -3.59. The average molecular weight is 596 g/mol. The second-order valence-electron chi connectivity index (χ2n) is 9.56. The van der Waals surface area contributed by atoms with Crippen molar-refractivity contribution in [2.24, 2.45) is 0 Å². The second kappa shape index (κ2) is 11.7. The van der Waals surface area contributed by atoms with Crippen molar-refractivity contribution < 1.29 is 33.3 Å². The summed E-state index contributed by atoms with van der Waals surface area (Å²) in [7, 11) is 1.53. The molecule has 0 fully saturated rings. The predicted octanol–water partition coefficient (Wildman–Crippen LogP) is 6.00. The molecule has 1 amide bonds. The van der Waals surface area contributed by atoms with Crippen molar-refractivity contribution in [3.8, 4) is 17.2 Å². The fraction of sp³-hybridized carbons (Fsp3) is 0.367. The van der Waals surface area contributed by atoms with Gasteiger partial charge in [0.15, 0.2) is 29.7 Å². The zero-order chi connectivity index (χ0) is 27.5. The van der Waals surface area contributed by atoms with Crippen LogP contribution in [0.4, 0.5) is 5.69 Å². The van der Waals surface area contributed by atoms with Gasteiger partial charge in [-0.2, -0.15) is 0 Å². The fourth-order valence-corrected chi connectivity index (χ4v) is 5.95. The summed E-state index contributed by atoms with van der Waals surface area (Å²) < 4.78 is 23.8. The van der Waals surface area contributed by atoms with E-state index in [0.29, 0.717) is 82.4 Å². The molecule has 0 radical (unpaired) electrons. The number of para-hydroxylation sites is 2. The lowest BCUT2D eigenvalue weighted by Crippen LogP contribution is -2.30. The number of Topliss-reactive ketones (excluding diaryl/α,β-unsaturated/α-hetero) is 2. The van der Waals surface area contributed by atoms with Crippen LogP contribution in [0, 0.1) is 0 Å². The highest BCUT2D eigenvalue weighted by Crippen LogP contribution is 2.50. The van der Waals surface area contributed by atoms with Gasteiger partial charge in [0.1, 0.15) is 17.3 Å². The van der Waals surface area contributed by atoms with Gasteiger partial charge >= 0.3 is 0 Å². The summed E-state index contributed by atoms with van der Waals surface area (Å²) in [6, 6.07) is 10.8. The number of halogens is 1. The molecule has 0 saturated heterocycles. The van der Waals surface area contributed by atoms with Gasteiger partial charge in [-0.1, -0.05) is 12.1 Å². The third-order valence-corrected chi connectivity index (χ3v) is 7.62. The van der Waals surface area contributed by atoms with Crippen molar-refractivity contribution in [1.29, 1.82) is 0 Å². The number of rotatable bonds is 8. The number of hydrogen-bond acceptors (Lipinski definition) is 7. The van der Waals surface area contributed by atoms with E-state index < -0.39 is 5.92 Å². The van der Waals surface area contributed by atoms with Crippen molar-refractivity contribution >= 4 is 39.1 Å². The molecule has 0 unspecified atom stereocenters. The summed E-state index contributed by atoms with van der Waals surface area (Å²) in [5, 5.41) is 2.79. The number of ketones is 2. The molecule has 2 aromatic carbocycles. The molecule has 39 heavy (non-hydrogen) atoms. The maximum absolute atomic E-state index is 13.1. The Morgan fingerprint density at radius 2 is 1.64 bits per heavy atom. The lowest BCUT2D eigenvalue weighted by atomic mass is 9.73. The number of allylic oxidation sites excluding steroid dienone is 4. The highest BCUT2D eigenvalue weighted by Gasteiger charge is 2.42. The first-order valence-electron chi connectivity index (χ1n) is 13.1. The second-order valence-corrected chi connectivity index (χ2v) is 10.4. The smallest absolute Gasteiger partial charge is 0.262 e. The summed E-state index contributed by atoms with van der Waals surface area (Å²) in [6.45, 7) is 1.94. The summed E-state index contributed by atoms with van der Waals surface area (Å²) in [5.74, 6) is 1.78. The number of methoxy groups -OCH3 is 1. The van der Waals surface area contributed by atoms with Gasteiger partial charge in [0.25, 0.3) is 5.91 Å². The molecule has 3 aliphatic rings. The zero-order valence-electron chi connectivity index (χ0n) is 21.9. The van der Waals surface area contributed by atoms with Crippen molar-refractivity contribution in [3.63, 3.8) is 0 Å². The van der Waals surface area contributed by atoms with E-state index in [4.69, 9.17) is 18.9 Å². The van der Waals surface area contributed by atoms with Crippen LogP contribution >= 0.6 is 15.9 Å². The average Bonchev–Trinajstić information content (AvgIpc) is 2.92. The van der Waals surface area contributed by atoms with Crippen molar-refractivity contribution in [1.82, 2.24) is 0 Å². The van der Waals surface area contributed by atoms with Crippen LogP contribution in [0.2, 0.25) is 0 Å². The molecule has 0 aromatic heterocycles. The van der Waals surface area contributed by atoms with E-state index in [9.17, 15) is 14.4 Å². The first-order valence-corrected chi connectivity index (χ1v) is 13.9. The SMILES string of the molecule is CCOc1cc(C2C3=C(CCCC3=O)OC3=C2C(=O)CCC3)cc(Br)c1OCC(=O)Nc1ccccc1OC. The Morgan fingerprint density at radius 1 is 0.974 bits per heavy atom. The number of carbonyl (C=O) groups excluding carboxylic acids is 3. The van der Waals surface area contributed by atoms with Gasteiger partial charge in [0, 0.05) is 42.7 Å². The molecular weight excluding hydrogens is 566 g/mol. The summed E-state index contributed by atoms with van der Waals surface area (Å²) in [4.78, 5) is 39.0. The van der Waals surface area contributed by atoms with Crippen LogP contribution in [0.15, 0.2) is 63.5 Å². The van der Waals surface area contributed by atoms with Gasteiger partial charge in [0.2, 0.25) is 0 Å². The Labute approximate surface area is 235 Å². The maximum atomic E-state index is 13.1. The van der Waals surface area contributed by atoms with E-state index in [1.807, 2.05) is 19.1 Å². The molecule has 9 heteroatoms. The molecule has 0 bridgehead atoms. The molecule has 2 aliphatic carbocycles. The molecule has 0 saturated carbocycles. The number of nitrogens with one attached hydrogen (secondary N) is 1. The number of benzene rings is 2. The Balaban J connectivity index is 1.47. The van der Waals surface area contributed by atoms with Crippen LogP contribution in [0.5, 0.6) is 17.2 Å². The van der Waals surface area contributed by atoms with E-state index in [1.165, 1.54) is 7.11 Å². The minimum atomic E-state index is -0.525. The highest BCUT2D eigenvalue weighted by atomic mass is 79.9. The molecule has 5 rings (SSSR count). The first-order chi connectivity index (χ1) is 18.9. The van der Waals surface area contributed by atoms with E-state index >= 15 is 0 Å². The monoisotopic (exact) mass is 595 g/mol. The number of carbonyl (C=O) groups is 3. The normalized spacial score (nSPS) is 17.3. The number of anilines is 1.